The first-order valence-electron chi connectivity index (χ1n) is 7.91. The predicted octanol–water partition coefficient (Wildman–Crippen LogP) is 4.24. The molecule has 0 aliphatic heterocycles. The summed E-state index contributed by atoms with van der Waals surface area (Å²) in [6, 6.07) is 21.2. The normalized spacial score (nSPS) is 11.9. The van der Waals surface area contributed by atoms with E-state index < -0.39 is 0 Å². The second-order valence-electron chi connectivity index (χ2n) is 5.64. The molecule has 3 nitrogen and oxygen atoms in total. The molecule has 1 unspecified atom stereocenters. The van der Waals surface area contributed by atoms with Crippen molar-refractivity contribution in [3.8, 4) is 0 Å². The maximum Gasteiger partial charge on any atom is 0.243 e. The van der Waals surface area contributed by atoms with Crippen molar-refractivity contribution >= 4 is 17.5 Å². The van der Waals surface area contributed by atoms with Crippen LogP contribution < -0.4 is 5.32 Å². The van der Waals surface area contributed by atoms with Crippen LogP contribution in [0.4, 0.5) is 0 Å². The summed E-state index contributed by atoms with van der Waals surface area (Å²) in [6.45, 7) is 0.422. The predicted molar refractivity (Wildman–Crippen MR) is 96.9 cm³/mol. The Hall–Kier alpha value is -2.52. The van der Waals surface area contributed by atoms with E-state index in [-0.39, 0.29) is 11.9 Å². The summed E-state index contributed by atoms with van der Waals surface area (Å²) < 4.78 is 1.94. The van der Waals surface area contributed by atoms with Crippen LogP contribution in [0.2, 0.25) is 5.02 Å². The van der Waals surface area contributed by atoms with Crippen molar-refractivity contribution in [2.75, 3.05) is 0 Å². The molecule has 4 heteroatoms. The molecule has 0 fully saturated rings. The highest BCUT2D eigenvalue weighted by Gasteiger charge is 2.20. The average Bonchev–Trinajstić information content (AvgIpc) is 3.14. The van der Waals surface area contributed by atoms with E-state index in [9.17, 15) is 4.79 Å². The van der Waals surface area contributed by atoms with Gasteiger partial charge in [0, 0.05) is 30.4 Å². The van der Waals surface area contributed by atoms with Gasteiger partial charge in [0.15, 0.2) is 0 Å². The van der Waals surface area contributed by atoms with Crippen LogP contribution in [0.15, 0.2) is 79.1 Å². The van der Waals surface area contributed by atoms with E-state index in [1.807, 2.05) is 83.7 Å². The number of carbonyl (C=O) groups is 1. The van der Waals surface area contributed by atoms with Crippen molar-refractivity contribution in [1.29, 1.82) is 0 Å². The minimum atomic E-state index is -0.287. The van der Waals surface area contributed by atoms with Crippen LogP contribution in [0.25, 0.3) is 0 Å². The Morgan fingerprint density at radius 1 is 0.958 bits per heavy atom. The molecule has 0 radical (unpaired) electrons. The van der Waals surface area contributed by atoms with Gasteiger partial charge in [-0.15, -0.1) is 0 Å². The largest absolute Gasteiger partial charge is 0.350 e. The Morgan fingerprint density at radius 3 is 2.33 bits per heavy atom. The third-order valence-electron chi connectivity index (χ3n) is 3.97. The molecule has 0 aliphatic rings. The molecule has 0 saturated heterocycles. The Bertz CT molecular complexity index is 784. The van der Waals surface area contributed by atoms with Crippen LogP contribution in [0.3, 0.4) is 0 Å². The first-order valence-corrected chi connectivity index (χ1v) is 8.29. The number of rotatable bonds is 6. The van der Waals surface area contributed by atoms with Gasteiger partial charge < -0.3 is 9.88 Å². The van der Waals surface area contributed by atoms with E-state index in [0.29, 0.717) is 18.0 Å². The number of nitrogens with zero attached hydrogens (tertiary/aromatic N) is 1. The molecule has 1 aromatic heterocycles. The topological polar surface area (TPSA) is 34.0 Å². The molecule has 24 heavy (non-hydrogen) atoms. The first-order chi connectivity index (χ1) is 11.7. The van der Waals surface area contributed by atoms with Crippen LogP contribution in [-0.2, 0) is 17.8 Å². The maximum absolute atomic E-state index is 12.8. The highest BCUT2D eigenvalue weighted by Crippen LogP contribution is 2.17. The average molecular weight is 339 g/mol. The van der Waals surface area contributed by atoms with E-state index in [0.717, 1.165) is 11.1 Å². The smallest absolute Gasteiger partial charge is 0.243 e. The summed E-state index contributed by atoms with van der Waals surface area (Å²) in [6.07, 6.45) is 4.48. The third-order valence-corrected chi connectivity index (χ3v) is 4.34. The second-order valence-corrected chi connectivity index (χ2v) is 6.05. The fraction of sp³-hybridized carbons (Fsp3) is 0.150. The van der Waals surface area contributed by atoms with E-state index in [1.165, 1.54) is 0 Å². The number of amides is 1. The lowest BCUT2D eigenvalue weighted by molar-refractivity contribution is -0.124. The van der Waals surface area contributed by atoms with Gasteiger partial charge >= 0.3 is 0 Å². The van der Waals surface area contributed by atoms with Gasteiger partial charge in [0.05, 0.1) is 0 Å². The molecule has 0 aliphatic carbocycles. The monoisotopic (exact) mass is 338 g/mol. The lowest BCUT2D eigenvalue weighted by atomic mass is 10.0. The summed E-state index contributed by atoms with van der Waals surface area (Å²) in [5, 5.41) is 3.67. The molecule has 1 amide bonds. The molecule has 3 rings (SSSR count). The number of carbonyl (C=O) groups excluding carboxylic acids is 1. The van der Waals surface area contributed by atoms with E-state index in [2.05, 4.69) is 5.32 Å². The number of halogens is 1. The molecular formula is C20H19ClN2O. The van der Waals surface area contributed by atoms with Gasteiger partial charge in [-0.3, -0.25) is 4.79 Å². The van der Waals surface area contributed by atoms with Gasteiger partial charge in [0.2, 0.25) is 5.91 Å². The van der Waals surface area contributed by atoms with E-state index in [1.54, 1.807) is 0 Å². The third kappa shape index (κ3) is 4.06. The van der Waals surface area contributed by atoms with Crippen LogP contribution in [0, 0.1) is 0 Å². The van der Waals surface area contributed by atoms with Gasteiger partial charge in [0.1, 0.15) is 6.04 Å². The number of benzene rings is 2. The Labute approximate surface area is 146 Å². The molecule has 3 aromatic rings. The van der Waals surface area contributed by atoms with Gasteiger partial charge in [-0.05, 0) is 29.3 Å². The zero-order chi connectivity index (χ0) is 16.8. The molecule has 0 saturated carbocycles. The Morgan fingerprint density at radius 2 is 1.62 bits per heavy atom. The Balaban J connectivity index is 1.73. The van der Waals surface area contributed by atoms with Crippen molar-refractivity contribution in [3.63, 3.8) is 0 Å². The summed E-state index contributed by atoms with van der Waals surface area (Å²) in [4.78, 5) is 12.8. The quantitative estimate of drug-likeness (QED) is 0.716. The van der Waals surface area contributed by atoms with Crippen LogP contribution >= 0.6 is 11.6 Å². The summed E-state index contributed by atoms with van der Waals surface area (Å²) in [7, 11) is 0. The molecule has 1 N–H and O–H groups in total. The lowest BCUT2D eigenvalue weighted by Gasteiger charge is -2.19. The molecule has 0 spiro atoms. The SMILES string of the molecule is O=C(NCc1ccccc1Cl)C(Cc1ccccc1)n1cccc1. The van der Waals surface area contributed by atoms with E-state index >= 15 is 0 Å². The van der Waals surface area contributed by atoms with Crippen molar-refractivity contribution in [3.05, 3.63) is 95.3 Å². The minimum Gasteiger partial charge on any atom is -0.350 e. The number of hydrogen-bond acceptors (Lipinski definition) is 1. The highest BCUT2D eigenvalue weighted by atomic mass is 35.5. The van der Waals surface area contributed by atoms with Gasteiger partial charge in [0.25, 0.3) is 0 Å². The maximum atomic E-state index is 12.8. The molecular weight excluding hydrogens is 320 g/mol. The summed E-state index contributed by atoms with van der Waals surface area (Å²) >= 11 is 6.16. The summed E-state index contributed by atoms with van der Waals surface area (Å²) in [5.41, 5.74) is 2.04. The number of nitrogens with one attached hydrogen (secondary N) is 1. The molecule has 0 bridgehead atoms. The van der Waals surface area contributed by atoms with Gasteiger partial charge in [-0.2, -0.15) is 0 Å². The van der Waals surface area contributed by atoms with Crippen LogP contribution in [0.5, 0.6) is 0 Å². The number of hydrogen-bond donors (Lipinski definition) is 1. The van der Waals surface area contributed by atoms with Gasteiger partial charge in [-0.25, -0.2) is 0 Å². The second kappa shape index (κ2) is 7.84. The zero-order valence-electron chi connectivity index (χ0n) is 13.2. The molecule has 1 heterocycles. The van der Waals surface area contributed by atoms with Crippen molar-refractivity contribution in [2.24, 2.45) is 0 Å². The van der Waals surface area contributed by atoms with Crippen molar-refractivity contribution < 1.29 is 4.79 Å². The first kappa shape index (κ1) is 16.3. The van der Waals surface area contributed by atoms with E-state index in [4.69, 9.17) is 11.6 Å². The molecule has 122 valence electrons. The standard InChI is InChI=1S/C20H19ClN2O/c21-18-11-5-4-10-17(18)15-22-20(24)19(23-12-6-7-13-23)14-16-8-2-1-3-9-16/h1-13,19H,14-15H2,(H,22,24). The Kier molecular flexibility index (Phi) is 5.34. The van der Waals surface area contributed by atoms with Crippen LogP contribution in [0.1, 0.15) is 17.2 Å². The van der Waals surface area contributed by atoms with Gasteiger partial charge in [-0.1, -0.05) is 60.1 Å². The fourth-order valence-corrected chi connectivity index (χ4v) is 2.87. The highest BCUT2D eigenvalue weighted by molar-refractivity contribution is 6.31. The van der Waals surface area contributed by atoms with Crippen LogP contribution in [-0.4, -0.2) is 10.5 Å². The fourth-order valence-electron chi connectivity index (χ4n) is 2.67. The molecule has 2 aromatic carbocycles. The zero-order valence-corrected chi connectivity index (χ0v) is 14.0. The minimum absolute atomic E-state index is 0.0185. The summed E-state index contributed by atoms with van der Waals surface area (Å²) in [5.74, 6) is -0.0185. The molecule has 1 atom stereocenters. The van der Waals surface area contributed by atoms with Crippen molar-refractivity contribution in [1.82, 2.24) is 9.88 Å². The number of aromatic nitrogens is 1. The lowest BCUT2D eigenvalue weighted by Crippen LogP contribution is -2.33. The van der Waals surface area contributed by atoms with Crippen molar-refractivity contribution in [2.45, 2.75) is 19.0 Å².